The molecule has 12 nitrogen and oxygen atoms in total. The zero-order chi connectivity index (χ0) is 30.9. The highest BCUT2D eigenvalue weighted by Gasteiger charge is 2.44. The number of carbonyl (C=O) groups is 2. The van der Waals surface area contributed by atoms with Crippen LogP contribution in [-0.4, -0.2) is 57.5 Å². The highest BCUT2D eigenvalue weighted by Crippen LogP contribution is 2.49. The minimum atomic E-state index is -0.238. The number of amidine groups is 1. The fourth-order valence-electron chi connectivity index (χ4n) is 5.55. The SMILES string of the molecule is COc1ccc(NC(=O)CSC2=NNC3c4c(sc5c4CCCC5)-n4c(SCC(=O)Nc5ccc(OC)cc5)nnc4N23)cc1. The molecule has 2 amide bonds. The first kappa shape index (κ1) is 29.5. The van der Waals surface area contributed by atoms with Gasteiger partial charge in [0.25, 0.3) is 0 Å². The highest BCUT2D eigenvalue weighted by atomic mass is 32.2. The summed E-state index contributed by atoms with van der Waals surface area (Å²) >= 11 is 4.44. The van der Waals surface area contributed by atoms with Crippen LogP contribution in [0.4, 0.5) is 17.3 Å². The fraction of sp³-hybridized carbons (Fsp3) is 0.300. The van der Waals surface area contributed by atoms with Gasteiger partial charge in [0.1, 0.15) is 16.5 Å². The summed E-state index contributed by atoms with van der Waals surface area (Å²) in [5, 5.41) is 21.9. The number of hydrogen-bond acceptors (Lipinski definition) is 12. The lowest BCUT2D eigenvalue weighted by atomic mass is 9.94. The van der Waals surface area contributed by atoms with Gasteiger partial charge >= 0.3 is 0 Å². The summed E-state index contributed by atoms with van der Waals surface area (Å²) < 4.78 is 12.4. The van der Waals surface area contributed by atoms with Gasteiger partial charge in [-0.2, -0.15) is 5.10 Å². The van der Waals surface area contributed by atoms with Gasteiger partial charge in [-0.15, -0.1) is 21.5 Å². The molecule has 232 valence electrons. The van der Waals surface area contributed by atoms with Crippen molar-refractivity contribution >= 4 is 69.2 Å². The molecule has 7 rings (SSSR count). The summed E-state index contributed by atoms with van der Waals surface area (Å²) in [6.07, 6.45) is 4.11. The summed E-state index contributed by atoms with van der Waals surface area (Å²) in [6.45, 7) is 0. The first-order valence-corrected chi connectivity index (χ1v) is 17.2. The molecular formula is C30H30N8O4S3. The van der Waals surface area contributed by atoms with Gasteiger partial charge in [0.15, 0.2) is 16.5 Å². The molecule has 1 aliphatic carbocycles. The number of aryl methyl sites for hydroxylation is 1. The standard InChI is InChI=1S/C30H30N8O4S3/c1-41-19-11-7-17(8-12-19)31-23(39)15-43-29-35-33-26-25-21-5-3-4-6-22(21)45-27(25)38-28(37(26)29)34-36-30(38)44-16-24(40)32-18-9-13-20(42-2)14-10-18/h7-14,26,33H,3-6,15-16H2,1-2H3,(H,31,39)(H,32,40). The van der Waals surface area contributed by atoms with Gasteiger partial charge < -0.3 is 20.1 Å². The number of fused-ring (bicyclic) bond motifs is 8. The molecule has 0 fully saturated rings. The number of hydrazone groups is 1. The lowest BCUT2D eigenvalue weighted by Crippen LogP contribution is -2.38. The van der Waals surface area contributed by atoms with E-state index in [1.165, 1.54) is 39.5 Å². The maximum Gasteiger partial charge on any atom is 0.241 e. The van der Waals surface area contributed by atoms with Gasteiger partial charge in [0.05, 0.1) is 25.7 Å². The summed E-state index contributed by atoms with van der Waals surface area (Å²) in [5.41, 5.74) is 7.23. The Morgan fingerprint density at radius 1 is 0.911 bits per heavy atom. The number of thioether (sulfide) groups is 2. The summed E-state index contributed by atoms with van der Waals surface area (Å²) in [6, 6.07) is 14.4. The summed E-state index contributed by atoms with van der Waals surface area (Å²) in [5.74, 6) is 2.07. The van der Waals surface area contributed by atoms with Crippen LogP contribution in [0.5, 0.6) is 11.5 Å². The molecule has 4 heterocycles. The van der Waals surface area contributed by atoms with Crippen LogP contribution < -0.4 is 30.4 Å². The summed E-state index contributed by atoms with van der Waals surface area (Å²) in [4.78, 5) is 29.1. The molecule has 0 radical (unpaired) electrons. The van der Waals surface area contributed by atoms with E-state index < -0.39 is 0 Å². The Kier molecular flexibility index (Phi) is 8.29. The molecule has 45 heavy (non-hydrogen) atoms. The number of hydrogen-bond donors (Lipinski definition) is 3. The van der Waals surface area contributed by atoms with E-state index >= 15 is 0 Å². The van der Waals surface area contributed by atoms with Crippen molar-refractivity contribution in [1.29, 1.82) is 0 Å². The van der Waals surface area contributed by atoms with Crippen molar-refractivity contribution in [2.45, 2.75) is 37.0 Å². The number of carbonyl (C=O) groups excluding carboxylic acids is 2. The minimum absolute atomic E-state index is 0.148. The molecule has 4 aromatic rings. The molecule has 1 atom stereocenters. The average Bonchev–Trinajstić information content (AvgIpc) is 3.78. The maximum atomic E-state index is 12.9. The molecule has 0 bridgehead atoms. The smallest absolute Gasteiger partial charge is 0.241 e. The minimum Gasteiger partial charge on any atom is -0.497 e. The van der Waals surface area contributed by atoms with E-state index in [1.54, 1.807) is 74.1 Å². The molecule has 3 N–H and O–H groups in total. The summed E-state index contributed by atoms with van der Waals surface area (Å²) in [7, 11) is 3.21. The van der Waals surface area contributed by atoms with Crippen molar-refractivity contribution < 1.29 is 19.1 Å². The molecule has 1 unspecified atom stereocenters. The number of thiophene rings is 1. The van der Waals surface area contributed by atoms with Crippen molar-refractivity contribution in [3.8, 4) is 16.5 Å². The van der Waals surface area contributed by atoms with Gasteiger partial charge in [0.2, 0.25) is 17.8 Å². The zero-order valence-electron chi connectivity index (χ0n) is 24.5. The molecular weight excluding hydrogens is 633 g/mol. The Morgan fingerprint density at radius 2 is 1.53 bits per heavy atom. The van der Waals surface area contributed by atoms with Crippen molar-refractivity contribution in [3.05, 3.63) is 64.5 Å². The van der Waals surface area contributed by atoms with E-state index in [0.717, 1.165) is 42.2 Å². The third-order valence-electron chi connectivity index (χ3n) is 7.66. The van der Waals surface area contributed by atoms with Crippen LogP contribution in [0.15, 0.2) is 58.8 Å². The highest BCUT2D eigenvalue weighted by molar-refractivity contribution is 8.14. The van der Waals surface area contributed by atoms with Crippen LogP contribution in [0.1, 0.15) is 35.0 Å². The van der Waals surface area contributed by atoms with Crippen LogP contribution >= 0.6 is 34.9 Å². The molecule has 15 heteroatoms. The van der Waals surface area contributed by atoms with Gasteiger partial charge in [0, 0.05) is 21.8 Å². The number of amides is 2. The van der Waals surface area contributed by atoms with E-state index in [-0.39, 0.29) is 29.5 Å². The zero-order valence-corrected chi connectivity index (χ0v) is 27.0. The second-order valence-corrected chi connectivity index (χ2v) is 13.4. The van der Waals surface area contributed by atoms with E-state index in [1.807, 2.05) is 9.47 Å². The molecule has 0 saturated heterocycles. The van der Waals surface area contributed by atoms with E-state index in [9.17, 15) is 9.59 Å². The predicted octanol–water partition coefficient (Wildman–Crippen LogP) is 5.02. The first-order chi connectivity index (χ1) is 22.0. The number of nitrogens with zero attached hydrogens (tertiary/aromatic N) is 5. The monoisotopic (exact) mass is 662 g/mol. The quantitative estimate of drug-likeness (QED) is 0.210. The number of aromatic nitrogens is 3. The Balaban J connectivity index is 1.10. The third-order valence-corrected chi connectivity index (χ3v) is 10.8. The lowest BCUT2D eigenvalue weighted by Gasteiger charge is -2.31. The fourth-order valence-corrected chi connectivity index (χ4v) is 8.54. The Bertz CT molecular complexity index is 1770. The van der Waals surface area contributed by atoms with Crippen molar-refractivity contribution in [2.24, 2.45) is 5.10 Å². The predicted molar refractivity (Wildman–Crippen MR) is 178 cm³/mol. The third kappa shape index (κ3) is 5.82. The molecule has 2 aromatic heterocycles. The van der Waals surface area contributed by atoms with Gasteiger partial charge in [-0.25, -0.2) is 4.57 Å². The molecule has 3 aliphatic rings. The topological polar surface area (TPSA) is 135 Å². The van der Waals surface area contributed by atoms with Crippen molar-refractivity contribution in [3.63, 3.8) is 0 Å². The van der Waals surface area contributed by atoms with Crippen molar-refractivity contribution in [1.82, 2.24) is 20.2 Å². The number of nitrogens with one attached hydrogen (secondary N) is 3. The number of anilines is 3. The lowest BCUT2D eigenvalue weighted by molar-refractivity contribution is -0.114. The van der Waals surface area contributed by atoms with Crippen LogP contribution in [0.2, 0.25) is 0 Å². The second kappa shape index (κ2) is 12.7. The molecule has 2 aliphatic heterocycles. The van der Waals surface area contributed by atoms with Gasteiger partial charge in [-0.05, 0) is 79.8 Å². The Morgan fingerprint density at radius 3 is 2.18 bits per heavy atom. The van der Waals surface area contributed by atoms with Crippen LogP contribution in [0.3, 0.4) is 0 Å². The number of rotatable bonds is 9. The largest absolute Gasteiger partial charge is 0.497 e. The molecule has 0 saturated carbocycles. The second-order valence-electron chi connectivity index (χ2n) is 10.5. The molecule has 2 aromatic carbocycles. The Labute approximate surface area is 272 Å². The average molecular weight is 663 g/mol. The molecule has 0 spiro atoms. The number of benzene rings is 2. The van der Waals surface area contributed by atoms with E-state index in [2.05, 4.69) is 31.4 Å². The van der Waals surface area contributed by atoms with Crippen molar-refractivity contribution in [2.75, 3.05) is 41.3 Å². The van der Waals surface area contributed by atoms with Gasteiger partial charge in [-0.3, -0.25) is 19.9 Å². The number of ether oxygens (including phenoxy) is 2. The van der Waals surface area contributed by atoms with E-state index in [4.69, 9.17) is 9.47 Å². The Hall–Kier alpha value is -4.21. The van der Waals surface area contributed by atoms with Crippen LogP contribution in [-0.2, 0) is 22.4 Å². The maximum absolute atomic E-state index is 12.9. The van der Waals surface area contributed by atoms with Gasteiger partial charge in [-0.1, -0.05) is 23.5 Å². The first-order valence-electron chi connectivity index (χ1n) is 14.4. The van der Waals surface area contributed by atoms with Crippen LogP contribution in [0, 0.1) is 0 Å². The normalized spacial score (nSPS) is 16.0. The van der Waals surface area contributed by atoms with E-state index in [0.29, 0.717) is 27.6 Å². The van der Waals surface area contributed by atoms with Crippen LogP contribution in [0.25, 0.3) is 5.00 Å². The number of methoxy groups -OCH3 is 2.